The summed E-state index contributed by atoms with van der Waals surface area (Å²) >= 11 is 0. The Labute approximate surface area is 238 Å². The molecule has 5 nitrogen and oxygen atoms in total. The van der Waals surface area contributed by atoms with Crippen LogP contribution in [0.3, 0.4) is 0 Å². The first-order chi connectivity index (χ1) is 19.0. The molecular formula is C34H40O5S. The highest BCUT2D eigenvalue weighted by Crippen LogP contribution is 2.64. The third-order valence-electron chi connectivity index (χ3n) is 8.97. The summed E-state index contributed by atoms with van der Waals surface area (Å²) in [5, 5.41) is 9.45. The van der Waals surface area contributed by atoms with Crippen molar-refractivity contribution < 1.29 is 23.1 Å². The number of carboxylic acids is 1. The Bertz CT molecular complexity index is 1530. The standard InChI is InChI=1S/C34H40O5S/c1-22-17-28(39-15-6-16-40(4,37)38)18-23(2)33(22)29-8-5-7-26(24(29)3)11-9-25-10-12-30-27(19-25)21-34(13-14-34)31(30)20-32(35)36/h5,7-8,10,12,17-19,31H,6,9,11,13-16,20-21H2,1-4H3,(H,35,36). The van der Waals surface area contributed by atoms with Crippen LogP contribution in [0.5, 0.6) is 5.75 Å². The molecule has 0 amide bonds. The number of carboxylic acid groups (broad SMARTS) is 1. The monoisotopic (exact) mass is 560 g/mol. The molecule has 3 aromatic carbocycles. The summed E-state index contributed by atoms with van der Waals surface area (Å²) in [4.78, 5) is 11.5. The van der Waals surface area contributed by atoms with E-state index in [2.05, 4.69) is 57.2 Å². The van der Waals surface area contributed by atoms with Crippen molar-refractivity contribution >= 4 is 15.8 Å². The fourth-order valence-electron chi connectivity index (χ4n) is 6.77. The molecule has 0 radical (unpaired) electrons. The van der Waals surface area contributed by atoms with Gasteiger partial charge in [-0.05, 0) is 127 Å². The van der Waals surface area contributed by atoms with Crippen LogP contribution in [0.1, 0.15) is 70.5 Å². The lowest BCUT2D eigenvalue weighted by molar-refractivity contribution is -0.137. The minimum Gasteiger partial charge on any atom is -0.494 e. The van der Waals surface area contributed by atoms with Crippen molar-refractivity contribution in [3.63, 3.8) is 0 Å². The first-order valence-corrected chi connectivity index (χ1v) is 16.4. The molecule has 5 rings (SSSR count). The normalized spacial score (nSPS) is 17.1. The van der Waals surface area contributed by atoms with Gasteiger partial charge in [0.1, 0.15) is 15.6 Å². The van der Waals surface area contributed by atoms with Gasteiger partial charge in [0.15, 0.2) is 0 Å². The van der Waals surface area contributed by atoms with Crippen LogP contribution in [0.25, 0.3) is 11.1 Å². The summed E-state index contributed by atoms with van der Waals surface area (Å²) < 4.78 is 28.6. The van der Waals surface area contributed by atoms with Crippen molar-refractivity contribution in [3.05, 3.63) is 87.5 Å². The zero-order valence-electron chi connectivity index (χ0n) is 24.0. The van der Waals surface area contributed by atoms with Crippen LogP contribution >= 0.6 is 0 Å². The molecule has 212 valence electrons. The van der Waals surface area contributed by atoms with E-state index in [1.54, 1.807) is 0 Å². The number of carbonyl (C=O) groups is 1. The van der Waals surface area contributed by atoms with E-state index in [4.69, 9.17) is 4.74 Å². The zero-order valence-corrected chi connectivity index (χ0v) is 24.9. The van der Waals surface area contributed by atoms with E-state index in [0.717, 1.165) is 49.0 Å². The van der Waals surface area contributed by atoms with Gasteiger partial charge in [-0.15, -0.1) is 0 Å². The average molecular weight is 561 g/mol. The maximum absolute atomic E-state index is 11.5. The quantitative estimate of drug-likeness (QED) is 0.262. The lowest BCUT2D eigenvalue weighted by Gasteiger charge is -2.18. The van der Waals surface area contributed by atoms with Crippen molar-refractivity contribution in [1.29, 1.82) is 0 Å². The van der Waals surface area contributed by atoms with Gasteiger partial charge in [-0.3, -0.25) is 4.79 Å². The highest BCUT2D eigenvalue weighted by molar-refractivity contribution is 7.90. The number of hydrogen-bond donors (Lipinski definition) is 1. The maximum atomic E-state index is 11.5. The molecule has 40 heavy (non-hydrogen) atoms. The van der Waals surface area contributed by atoms with Crippen LogP contribution in [0.15, 0.2) is 48.5 Å². The molecule has 1 atom stereocenters. The van der Waals surface area contributed by atoms with Gasteiger partial charge in [0.05, 0.1) is 18.8 Å². The molecule has 1 unspecified atom stereocenters. The first kappa shape index (κ1) is 28.4. The third-order valence-corrected chi connectivity index (χ3v) is 10.00. The minimum absolute atomic E-state index is 0.131. The van der Waals surface area contributed by atoms with Crippen LogP contribution in [0, 0.1) is 26.2 Å². The van der Waals surface area contributed by atoms with E-state index in [9.17, 15) is 18.3 Å². The van der Waals surface area contributed by atoms with Gasteiger partial charge in [0.25, 0.3) is 0 Å². The molecule has 1 N–H and O–H groups in total. The van der Waals surface area contributed by atoms with Crippen LogP contribution in [-0.4, -0.2) is 38.1 Å². The number of sulfone groups is 1. The van der Waals surface area contributed by atoms with Crippen molar-refractivity contribution in [3.8, 4) is 16.9 Å². The molecule has 0 bridgehead atoms. The Balaban J connectivity index is 1.29. The van der Waals surface area contributed by atoms with E-state index < -0.39 is 15.8 Å². The number of aryl methyl sites for hydroxylation is 4. The lowest BCUT2D eigenvalue weighted by atomic mass is 9.86. The van der Waals surface area contributed by atoms with E-state index in [0.29, 0.717) is 13.0 Å². The molecule has 1 fully saturated rings. The van der Waals surface area contributed by atoms with Crippen molar-refractivity contribution in [2.75, 3.05) is 18.6 Å². The van der Waals surface area contributed by atoms with Gasteiger partial charge >= 0.3 is 5.97 Å². The minimum atomic E-state index is -2.98. The molecule has 6 heteroatoms. The third kappa shape index (κ3) is 6.12. The van der Waals surface area contributed by atoms with Gasteiger partial charge in [-0.1, -0.05) is 36.4 Å². The summed E-state index contributed by atoms with van der Waals surface area (Å²) in [5.74, 6) is 0.382. The largest absolute Gasteiger partial charge is 0.494 e. The summed E-state index contributed by atoms with van der Waals surface area (Å²) in [6.45, 7) is 6.79. The maximum Gasteiger partial charge on any atom is 0.303 e. The molecule has 2 aliphatic carbocycles. The van der Waals surface area contributed by atoms with Crippen LogP contribution in [-0.2, 0) is 33.9 Å². The number of benzene rings is 3. The number of ether oxygens (including phenoxy) is 1. The average Bonchev–Trinajstić information content (AvgIpc) is 3.58. The molecule has 0 heterocycles. The second kappa shape index (κ2) is 11.0. The topological polar surface area (TPSA) is 80.7 Å². The van der Waals surface area contributed by atoms with Crippen molar-refractivity contribution in [2.24, 2.45) is 5.41 Å². The summed E-state index contributed by atoms with van der Waals surface area (Å²) in [7, 11) is -2.98. The van der Waals surface area contributed by atoms with E-state index >= 15 is 0 Å². The fraction of sp³-hybridized carbons (Fsp3) is 0.441. The predicted octanol–water partition coefficient (Wildman–Crippen LogP) is 6.77. The van der Waals surface area contributed by atoms with Gasteiger partial charge in [-0.25, -0.2) is 8.42 Å². The Morgan fingerprint density at radius 2 is 1.75 bits per heavy atom. The number of fused-ring (bicyclic) bond motifs is 1. The van der Waals surface area contributed by atoms with E-state index in [-0.39, 0.29) is 23.5 Å². The van der Waals surface area contributed by atoms with E-state index in [1.807, 2.05) is 12.1 Å². The summed E-state index contributed by atoms with van der Waals surface area (Å²) in [6.07, 6.45) is 7.19. The highest BCUT2D eigenvalue weighted by atomic mass is 32.2. The van der Waals surface area contributed by atoms with Crippen molar-refractivity contribution in [1.82, 2.24) is 0 Å². The Kier molecular flexibility index (Phi) is 7.84. The fourth-order valence-corrected chi connectivity index (χ4v) is 7.42. The predicted molar refractivity (Wildman–Crippen MR) is 160 cm³/mol. The second-order valence-corrected chi connectivity index (χ2v) is 14.3. The molecule has 1 spiro atoms. The Morgan fingerprint density at radius 3 is 2.40 bits per heavy atom. The molecule has 2 aliphatic rings. The SMILES string of the molecule is Cc1cc(OCCCS(C)(=O)=O)cc(C)c1-c1cccc(CCc2ccc3c(c2)CC2(CC2)C3CC(=O)O)c1C. The first-order valence-electron chi connectivity index (χ1n) is 14.3. The highest BCUT2D eigenvalue weighted by Gasteiger charge is 2.54. The van der Waals surface area contributed by atoms with Crippen LogP contribution in [0.2, 0.25) is 0 Å². The van der Waals surface area contributed by atoms with Crippen LogP contribution < -0.4 is 4.74 Å². The second-order valence-electron chi connectivity index (χ2n) is 12.1. The van der Waals surface area contributed by atoms with Gasteiger partial charge in [-0.2, -0.15) is 0 Å². The van der Waals surface area contributed by atoms with Gasteiger partial charge in [0, 0.05) is 12.2 Å². The summed E-state index contributed by atoms with van der Waals surface area (Å²) in [6, 6.07) is 17.4. The molecule has 1 saturated carbocycles. The molecule has 3 aromatic rings. The van der Waals surface area contributed by atoms with Gasteiger partial charge in [0.2, 0.25) is 0 Å². The van der Waals surface area contributed by atoms with Crippen molar-refractivity contribution in [2.45, 2.75) is 71.6 Å². The zero-order chi connectivity index (χ0) is 28.7. The Hall–Kier alpha value is -3.12. The molecule has 0 aliphatic heterocycles. The Morgan fingerprint density at radius 1 is 1.02 bits per heavy atom. The summed E-state index contributed by atoms with van der Waals surface area (Å²) in [5.41, 5.74) is 11.5. The van der Waals surface area contributed by atoms with Gasteiger partial charge < -0.3 is 9.84 Å². The number of hydrogen-bond acceptors (Lipinski definition) is 4. The molecule has 0 saturated heterocycles. The number of rotatable bonds is 11. The van der Waals surface area contributed by atoms with Crippen LogP contribution in [0.4, 0.5) is 0 Å². The molecular weight excluding hydrogens is 520 g/mol. The lowest BCUT2D eigenvalue weighted by Crippen LogP contribution is -2.13. The van der Waals surface area contributed by atoms with E-state index in [1.165, 1.54) is 45.2 Å². The smallest absolute Gasteiger partial charge is 0.303 e. The molecule has 0 aromatic heterocycles. The number of aliphatic carboxylic acids is 1.